The van der Waals surface area contributed by atoms with Gasteiger partial charge >= 0.3 is 6.18 Å². The van der Waals surface area contributed by atoms with Gasteiger partial charge in [-0.05, 0) is 42.5 Å². The van der Waals surface area contributed by atoms with E-state index in [-0.39, 0.29) is 10.6 Å². The van der Waals surface area contributed by atoms with E-state index in [2.05, 4.69) is 10.4 Å². The summed E-state index contributed by atoms with van der Waals surface area (Å²) in [6.07, 6.45) is -4.39. The lowest BCUT2D eigenvalue weighted by molar-refractivity contribution is -0.143. The molecule has 12 heteroatoms. The van der Waals surface area contributed by atoms with Gasteiger partial charge in [0.2, 0.25) is 0 Å². The van der Waals surface area contributed by atoms with Crippen molar-refractivity contribution in [3.05, 3.63) is 77.5 Å². The summed E-state index contributed by atoms with van der Waals surface area (Å²) in [4.78, 5) is 16.9. The number of hydrogen-bond acceptors (Lipinski definition) is 6. The Bertz CT molecular complexity index is 1400. The molecule has 0 radical (unpaired) electrons. The Morgan fingerprint density at radius 1 is 1.12 bits per heavy atom. The average molecular weight is 512 g/mol. The van der Waals surface area contributed by atoms with Crippen molar-refractivity contribution in [3.63, 3.8) is 0 Å². The molecule has 0 spiro atoms. The van der Waals surface area contributed by atoms with Crippen molar-refractivity contribution >= 4 is 43.9 Å². The second-order valence-corrected chi connectivity index (χ2v) is 10.1. The van der Waals surface area contributed by atoms with Crippen LogP contribution >= 0.6 is 11.6 Å². The van der Waals surface area contributed by atoms with Crippen molar-refractivity contribution in [2.24, 2.45) is 0 Å². The number of rotatable bonds is 6. The van der Waals surface area contributed by atoms with Crippen molar-refractivity contribution in [2.75, 3.05) is 11.2 Å². The van der Waals surface area contributed by atoms with Crippen molar-refractivity contribution in [1.82, 2.24) is 9.99 Å². The Morgan fingerprint density at radius 2 is 1.82 bits per heavy atom. The number of aliphatic hydroxyl groups is 1. The molecule has 2 heterocycles. The van der Waals surface area contributed by atoms with Crippen LogP contribution in [0.15, 0.2) is 77.3 Å². The van der Waals surface area contributed by atoms with E-state index in [0.29, 0.717) is 27.0 Å². The number of halogens is 4. The molecule has 0 saturated heterocycles. The van der Waals surface area contributed by atoms with Gasteiger partial charge in [-0.15, -0.1) is 0 Å². The third-order valence-electron chi connectivity index (χ3n) is 5.10. The molecule has 0 bridgehead atoms. The number of sulfone groups is 1. The Labute approximate surface area is 197 Å². The van der Waals surface area contributed by atoms with Gasteiger partial charge in [-0.25, -0.2) is 13.4 Å². The smallest absolute Gasteiger partial charge is 0.365 e. The summed E-state index contributed by atoms with van der Waals surface area (Å²) in [5, 5.41) is 12.6. The number of alkyl halides is 3. The molecule has 1 unspecified atom stereocenters. The molecule has 0 aliphatic carbocycles. The Kier molecular flexibility index (Phi) is 6.05. The van der Waals surface area contributed by atoms with Crippen LogP contribution in [0.3, 0.4) is 0 Å². The van der Waals surface area contributed by atoms with Crippen LogP contribution in [0.1, 0.15) is 6.42 Å². The molecule has 1 amide bonds. The van der Waals surface area contributed by atoms with E-state index in [1.54, 1.807) is 18.2 Å². The number of anilines is 1. The molecule has 7 nitrogen and oxygen atoms in total. The lowest BCUT2D eigenvalue weighted by atomic mass is 10.1. The molecule has 1 aromatic heterocycles. The first-order valence-electron chi connectivity index (χ1n) is 9.82. The number of pyridine rings is 1. The maximum absolute atomic E-state index is 13.1. The van der Waals surface area contributed by atoms with Crippen LogP contribution in [-0.2, 0) is 14.6 Å². The van der Waals surface area contributed by atoms with Gasteiger partial charge < -0.3 is 5.11 Å². The summed E-state index contributed by atoms with van der Waals surface area (Å²) < 4.78 is 65.1. The highest BCUT2D eigenvalue weighted by molar-refractivity contribution is 7.91. The minimum absolute atomic E-state index is 0.155. The molecular weight excluding hydrogens is 495 g/mol. The van der Waals surface area contributed by atoms with Crippen molar-refractivity contribution in [3.8, 4) is 0 Å². The highest BCUT2D eigenvalue weighted by Gasteiger charge is 2.50. The molecule has 34 heavy (non-hydrogen) atoms. The van der Waals surface area contributed by atoms with E-state index in [1.165, 1.54) is 42.6 Å². The average Bonchev–Trinajstić information content (AvgIpc) is 2.96. The van der Waals surface area contributed by atoms with Gasteiger partial charge in [0.05, 0.1) is 22.5 Å². The first kappa shape index (κ1) is 24.0. The van der Waals surface area contributed by atoms with Crippen molar-refractivity contribution in [2.45, 2.75) is 23.2 Å². The first-order valence-corrected chi connectivity index (χ1v) is 11.9. The van der Waals surface area contributed by atoms with E-state index in [4.69, 9.17) is 11.6 Å². The maximum Gasteiger partial charge on any atom is 0.393 e. The number of aromatic nitrogens is 1. The van der Waals surface area contributed by atoms with Crippen LogP contribution in [-0.4, -0.2) is 47.1 Å². The van der Waals surface area contributed by atoms with Crippen LogP contribution in [0, 0.1) is 0 Å². The molecule has 178 valence electrons. The number of carbonyl (C=O) groups excluding carboxylic acids is 1. The second-order valence-electron chi connectivity index (χ2n) is 7.68. The number of carbonyl (C=O) groups is 1. The van der Waals surface area contributed by atoms with Gasteiger partial charge in [-0.2, -0.15) is 13.2 Å². The van der Waals surface area contributed by atoms with Crippen LogP contribution in [0.4, 0.5) is 18.9 Å². The molecule has 2 N–H and O–H groups in total. The van der Waals surface area contributed by atoms with E-state index in [0.717, 1.165) is 0 Å². The van der Waals surface area contributed by atoms with Gasteiger partial charge in [0.1, 0.15) is 5.75 Å². The minimum Gasteiger partial charge on any atom is -0.365 e. The molecular formula is C22H17ClF3N3O4S. The van der Waals surface area contributed by atoms with Gasteiger partial charge in [0, 0.05) is 22.2 Å². The summed E-state index contributed by atoms with van der Waals surface area (Å²) in [5.74, 6) is -2.28. The number of hydrogen-bond donors (Lipinski definition) is 2. The zero-order valence-electron chi connectivity index (χ0n) is 17.3. The molecule has 1 aliphatic heterocycles. The monoisotopic (exact) mass is 511 g/mol. The molecule has 0 saturated carbocycles. The Balaban J connectivity index is 1.76. The highest BCUT2D eigenvalue weighted by atomic mass is 35.5. The summed E-state index contributed by atoms with van der Waals surface area (Å²) in [6.45, 7) is 0. The molecule has 1 aliphatic rings. The number of nitrogens with zero attached hydrogens (tertiary/aromatic N) is 2. The predicted octanol–water partition coefficient (Wildman–Crippen LogP) is 4.10. The summed E-state index contributed by atoms with van der Waals surface area (Å²) >= 11 is 5.97. The van der Waals surface area contributed by atoms with Gasteiger partial charge in [0.15, 0.2) is 15.6 Å². The lowest BCUT2D eigenvalue weighted by Crippen LogP contribution is -2.53. The number of amides is 1. The van der Waals surface area contributed by atoms with Crippen LogP contribution in [0.2, 0.25) is 5.02 Å². The zero-order chi connectivity index (χ0) is 24.7. The number of benzene rings is 2. The standard InChI is InChI=1S/C22H17ClF3N3O4S/c23-15-6-7-17-18(8-9-27-19(17)10-15)28-29-20(30)14(12-22(24,25)26)11-21(29,31)13-34(32,33)16-4-2-1-3-5-16/h1-11,31H,12-13H2,(H,27,28). The Hall–Kier alpha value is -3.15. The maximum atomic E-state index is 13.1. The van der Waals surface area contributed by atoms with E-state index in [1.807, 2.05) is 0 Å². The summed E-state index contributed by atoms with van der Waals surface area (Å²) in [7, 11) is -4.21. The van der Waals surface area contributed by atoms with Crippen molar-refractivity contribution in [1.29, 1.82) is 0 Å². The van der Waals surface area contributed by atoms with Crippen LogP contribution in [0.25, 0.3) is 10.9 Å². The van der Waals surface area contributed by atoms with Gasteiger partial charge in [-0.1, -0.05) is 29.8 Å². The van der Waals surface area contributed by atoms with Crippen LogP contribution in [0.5, 0.6) is 0 Å². The number of fused-ring (bicyclic) bond motifs is 1. The van der Waals surface area contributed by atoms with Gasteiger partial charge in [0.25, 0.3) is 5.91 Å². The van der Waals surface area contributed by atoms with E-state index >= 15 is 0 Å². The van der Waals surface area contributed by atoms with Crippen LogP contribution < -0.4 is 5.43 Å². The van der Waals surface area contributed by atoms with E-state index in [9.17, 15) is 31.5 Å². The van der Waals surface area contributed by atoms with E-state index < -0.39 is 45.4 Å². The first-order chi connectivity index (χ1) is 15.9. The third-order valence-corrected chi connectivity index (χ3v) is 7.13. The normalized spacial score (nSPS) is 18.9. The quantitative estimate of drug-likeness (QED) is 0.517. The largest absolute Gasteiger partial charge is 0.393 e. The fraction of sp³-hybridized carbons (Fsp3) is 0.182. The number of hydrazine groups is 1. The highest BCUT2D eigenvalue weighted by Crippen LogP contribution is 2.36. The molecule has 2 aromatic carbocycles. The minimum atomic E-state index is -4.75. The molecule has 3 aromatic rings. The predicted molar refractivity (Wildman–Crippen MR) is 119 cm³/mol. The van der Waals surface area contributed by atoms with Crippen molar-refractivity contribution < 1.29 is 31.5 Å². The molecule has 4 rings (SSSR count). The molecule has 0 fully saturated rings. The topological polar surface area (TPSA) is 99.6 Å². The summed E-state index contributed by atoms with van der Waals surface area (Å²) in [6, 6.07) is 13.2. The lowest BCUT2D eigenvalue weighted by Gasteiger charge is -2.33. The number of nitrogens with one attached hydrogen (secondary N) is 1. The Morgan fingerprint density at radius 3 is 2.50 bits per heavy atom. The van der Waals surface area contributed by atoms with Gasteiger partial charge in [-0.3, -0.25) is 15.2 Å². The SMILES string of the molecule is O=C1C(CC(F)(F)F)=CC(O)(CS(=O)(=O)c2ccccc2)N1Nc1ccnc2cc(Cl)ccc12. The third kappa shape index (κ3) is 4.86. The molecule has 1 atom stereocenters. The summed E-state index contributed by atoms with van der Waals surface area (Å²) in [5.41, 5.74) is -0.176. The fourth-order valence-electron chi connectivity index (χ4n) is 3.65. The fourth-order valence-corrected chi connectivity index (χ4v) is 5.33. The zero-order valence-corrected chi connectivity index (χ0v) is 18.8. The second kappa shape index (κ2) is 8.57.